The van der Waals surface area contributed by atoms with Crippen LogP contribution in [0, 0.1) is 5.82 Å². The summed E-state index contributed by atoms with van der Waals surface area (Å²) >= 11 is 5.69. The Bertz CT molecular complexity index is 314. The van der Waals surface area contributed by atoms with Crippen LogP contribution >= 0.6 is 11.6 Å². The zero-order valence-corrected chi connectivity index (χ0v) is 9.94. The Kier molecular flexibility index (Phi) is 5.06. The fraction of sp³-hybridized carbons (Fsp3) is 0.500. The maximum Gasteiger partial charge on any atom is 0.141 e. The maximum absolute atomic E-state index is 12.9. The molecule has 0 fully saturated rings. The van der Waals surface area contributed by atoms with Gasteiger partial charge in [-0.3, -0.25) is 0 Å². The van der Waals surface area contributed by atoms with Gasteiger partial charge in [0.2, 0.25) is 0 Å². The molecule has 0 saturated carbocycles. The largest absolute Gasteiger partial charge is 0.310 e. The first kappa shape index (κ1) is 12.5. The van der Waals surface area contributed by atoms with Gasteiger partial charge in [0.15, 0.2) is 0 Å². The van der Waals surface area contributed by atoms with Crippen LogP contribution in [0.15, 0.2) is 18.2 Å². The van der Waals surface area contributed by atoms with Gasteiger partial charge in [-0.1, -0.05) is 31.0 Å². The van der Waals surface area contributed by atoms with E-state index < -0.39 is 0 Å². The zero-order valence-electron chi connectivity index (χ0n) is 9.19. The van der Waals surface area contributed by atoms with Gasteiger partial charge in [0, 0.05) is 12.6 Å². The molecule has 1 aromatic rings. The molecule has 0 radical (unpaired) electrons. The third kappa shape index (κ3) is 4.18. The molecular formula is C12H17ClFN. The molecule has 1 N–H and O–H groups in total. The lowest BCUT2D eigenvalue weighted by Crippen LogP contribution is -2.25. The summed E-state index contributed by atoms with van der Waals surface area (Å²) in [5.41, 5.74) is 1.02. The van der Waals surface area contributed by atoms with E-state index in [9.17, 15) is 4.39 Å². The Morgan fingerprint density at radius 2 is 2.20 bits per heavy atom. The molecule has 0 aliphatic rings. The number of rotatable bonds is 5. The van der Waals surface area contributed by atoms with Gasteiger partial charge in [-0.05, 0) is 31.0 Å². The Hall–Kier alpha value is -0.600. The van der Waals surface area contributed by atoms with Gasteiger partial charge in [-0.2, -0.15) is 0 Å². The molecular weight excluding hydrogens is 213 g/mol. The Labute approximate surface area is 95.6 Å². The van der Waals surface area contributed by atoms with E-state index in [0.29, 0.717) is 6.04 Å². The first-order chi connectivity index (χ1) is 7.13. The summed E-state index contributed by atoms with van der Waals surface area (Å²) in [4.78, 5) is 0. The Balaban J connectivity index is 2.47. The highest BCUT2D eigenvalue weighted by Gasteiger charge is 2.03. The summed E-state index contributed by atoms with van der Waals surface area (Å²) < 4.78 is 12.9. The summed E-state index contributed by atoms with van der Waals surface area (Å²) in [7, 11) is 0. The van der Waals surface area contributed by atoms with Gasteiger partial charge in [0.05, 0.1) is 5.02 Å². The van der Waals surface area contributed by atoms with E-state index >= 15 is 0 Å². The molecule has 1 aromatic carbocycles. The molecule has 1 unspecified atom stereocenters. The molecule has 0 aromatic heterocycles. The van der Waals surface area contributed by atoms with E-state index in [1.165, 1.54) is 12.5 Å². The van der Waals surface area contributed by atoms with E-state index in [4.69, 9.17) is 11.6 Å². The highest BCUT2D eigenvalue weighted by molar-refractivity contribution is 6.30. The summed E-state index contributed by atoms with van der Waals surface area (Å²) in [5.74, 6) is -0.359. The second-order valence-corrected chi connectivity index (χ2v) is 4.23. The summed E-state index contributed by atoms with van der Waals surface area (Å²) in [6, 6.07) is 5.32. The van der Waals surface area contributed by atoms with Crippen molar-refractivity contribution in [2.45, 2.75) is 39.3 Å². The normalized spacial score (nSPS) is 12.8. The predicted octanol–water partition coefficient (Wildman–Crippen LogP) is 3.76. The van der Waals surface area contributed by atoms with Crippen molar-refractivity contribution < 1.29 is 4.39 Å². The van der Waals surface area contributed by atoms with Crippen molar-refractivity contribution in [3.8, 4) is 0 Å². The second-order valence-electron chi connectivity index (χ2n) is 3.82. The molecule has 0 amide bonds. The average molecular weight is 230 g/mol. The van der Waals surface area contributed by atoms with Crippen molar-refractivity contribution in [3.05, 3.63) is 34.6 Å². The van der Waals surface area contributed by atoms with Crippen LogP contribution < -0.4 is 5.32 Å². The molecule has 0 bridgehead atoms. The fourth-order valence-corrected chi connectivity index (χ4v) is 1.68. The van der Waals surface area contributed by atoms with Crippen LogP contribution in [0.3, 0.4) is 0 Å². The Morgan fingerprint density at radius 1 is 1.47 bits per heavy atom. The molecule has 1 rings (SSSR count). The van der Waals surface area contributed by atoms with Crippen molar-refractivity contribution in [3.63, 3.8) is 0 Å². The van der Waals surface area contributed by atoms with Crippen LogP contribution in [0.25, 0.3) is 0 Å². The quantitative estimate of drug-likeness (QED) is 0.811. The van der Waals surface area contributed by atoms with Gasteiger partial charge in [-0.15, -0.1) is 0 Å². The number of nitrogens with one attached hydrogen (secondary N) is 1. The van der Waals surface area contributed by atoms with Crippen LogP contribution in [-0.2, 0) is 6.54 Å². The standard InChI is InChI=1S/C12H17ClFN/c1-3-4-9(2)15-8-10-5-6-12(14)11(13)7-10/h5-7,9,15H,3-4,8H2,1-2H3. The van der Waals surface area contributed by atoms with Gasteiger partial charge in [-0.25, -0.2) is 4.39 Å². The minimum atomic E-state index is -0.359. The smallest absolute Gasteiger partial charge is 0.141 e. The van der Waals surface area contributed by atoms with E-state index in [1.807, 2.05) is 0 Å². The van der Waals surface area contributed by atoms with E-state index in [1.54, 1.807) is 12.1 Å². The van der Waals surface area contributed by atoms with Crippen molar-refractivity contribution in [2.24, 2.45) is 0 Å². The molecule has 0 aliphatic heterocycles. The lowest BCUT2D eigenvalue weighted by Gasteiger charge is -2.12. The predicted molar refractivity (Wildman–Crippen MR) is 62.6 cm³/mol. The molecule has 0 spiro atoms. The number of halogens is 2. The average Bonchev–Trinajstić information content (AvgIpc) is 2.20. The number of hydrogen-bond donors (Lipinski definition) is 1. The van der Waals surface area contributed by atoms with Gasteiger partial charge < -0.3 is 5.32 Å². The zero-order chi connectivity index (χ0) is 11.3. The van der Waals surface area contributed by atoms with E-state index in [-0.39, 0.29) is 10.8 Å². The van der Waals surface area contributed by atoms with Crippen LogP contribution in [0.1, 0.15) is 32.3 Å². The molecule has 1 nitrogen and oxygen atoms in total. The van der Waals surface area contributed by atoms with Crippen molar-refractivity contribution in [1.82, 2.24) is 5.32 Å². The van der Waals surface area contributed by atoms with Crippen molar-refractivity contribution in [1.29, 1.82) is 0 Å². The topological polar surface area (TPSA) is 12.0 Å². The molecule has 3 heteroatoms. The fourth-order valence-electron chi connectivity index (χ4n) is 1.48. The monoisotopic (exact) mass is 229 g/mol. The highest BCUT2D eigenvalue weighted by Crippen LogP contribution is 2.15. The van der Waals surface area contributed by atoms with Crippen molar-refractivity contribution in [2.75, 3.05) is 0 Å². The lowest BCUT2D eigenvalue weighted by atomic mass is 10.1. The van der Waals surface area contributed by atoms with E-state index in [2.05, 4.69) is 19.2 Å². The summed E-state index contributed by atoms with van der Waals surface area (Å²) in [6.45, 7) is 5.04. The molecule has 1 atom stereocenters. The molecule has 0 heterocycles. The molecule has 84 valence electrons. The minimum Gasteiger partial charge on any atom is -0.310 e. The van der Waals surface area contributed by atoms with Crippen LogP contribution in [0.4, 0.5) is 4.39 Å². The van der Waals surface area contributed by atoms with Gasteiger partial charge in [0.1, 0.15) is 5.82 Å². The third-order valence-electron chi connectivity index (χ3n) is 2.36. The number of benzene rings is 1. The van der Waals surface area contributed by atoms with Gasteiger partial charge in [0.25, 0.3) is 0 Å². The SMILES string of the molecule is CCCC(C)NCc1ccc(F)c(Cl)c1. The van der Waals surface area contributed by atoms with Crippen LogP contribution in [-0.4, -0.2) is 6.04 Å². The molecule has 0 saturated heterocycles. The first-order valence-electron chi connectivity index (χ1n) is 5.30. The Morgan fingerprint density at radius 3 is 2.80 bits per heavy atom. The van der Waals surface area contributed by atoms with Crippen molar-refractivity contribution >= 4 is 11.6 Å². The summed E-state index contributed by atoms with van der Waals surface area (Å²) in [6.07, 6.45) is 2.31. The molecule has 0 aliphatic carbocycles. The number of hydrogen-bond acceptors (Lipinski definition) is 1. The van der Waals surface area contributed by atoms with E-state index in [0.717, 1.165) is 18.5 Å². The summed E-state index contributed by atoms with van der Waals surface area (Å²) in [5, 5.41) is 3.56. The van der Waals surface area contributed by atoms with Crippen LogP contribution in [0.2, 0.25) is 5.02 Å². The lowest BCUT2D eigenvalue weighted by molar-refractivity contribution is 0.508. The second kappa shape index (κ2) is 6.09. The highest BCUT2D eigenvalue weighted by atomic mass is 35.5. The molecule has 15 heavy (non-hydrogen) atoms. The van der Waals surface area contributed by atoms with Gasteiger partial charge >= 0.3 is 0 Å². The first-order valence-corrected chi connectivity index (χ1v) is 5.68. The maximum atomic E-state index is 12.9. The third-order valence-corrected chi connectivity index (χ3v) is 2.65. The minimum absolute atomic E-state index is 0.192. The van der Waals surface area contributed by atoms with Crippen LogP contribution in [0.5, 0.6) is 0 Å².